The van der Waals surface area contributed by atoms with Crippen molar-refractivity contribution in [2.45, 2.75) is 30.9 Å². The molecule has 5 nitrogen and oxygen atoms in total. The Morgan fingerprint density at radius 3 is 2.67 bits per heavy atom. The lowest BCUT2D eigenvalue weighted by molar-refractivity contribution is -0.108. The molecular weight excluding hydrogens is 290 g/mol. The average molecular weight is 306 g/mol. The average Bonchev–Trinajstić information content (AvgIpc) is 3.18. The van der Waals surface area contributed by atoms with E-state index in [-0.39, 0.29) is 0 Å². The highest BCUT2D eigenvalue weighted by Crippen LogP contribution is 2.39. The largest absolute Gasteiger partial charge is 0.382 e. The Morgan fingerprint density at radius 1 is 1.29 bits per heavy atom. The minimum Gasteiger partial charge on any atom is -0.382 e. The Balaban J connectivity index is 1.38. The van der Waals surface area contributed by atoms with Crippen molar-refractivity contribution in [2.24, 2.45) is 0 Å². The van der Waals surface area contributed by atoms with Crippen LogP contribution in [-0.4, -0.2) is 33.2 Å². The predicted octanol–water partition coefficient (Wildman–Crippen LogP) is 2.30. The number of aromatic nitrogens is 2. The normalized spacial score (nSPS) is 21.2. The van der Waals surface area contributed by atoms with E-state index in [4.69, 9.17) is 16.1 Å². The lowest BCUT2D eigenvalue weighted by atomic mass is 9.86. The van der Waals surface area contributed by atoms with Gasteiger partial charge in [0, 0.05) is 24.0 Å². The number of β-amino-alcohol motifs (C(OH)–C–C–N with tert-alkyl or cyclic N) is 1. The maximum atomic E-state index is 10.6. The summed E-state index contributed by atoms with van der Waals surface area (Å²) in [6.45, 7) is 1.76. The molecule has 1 saturated heterocycles. The first kappa shape index (κ1) is 13.2. The van der Waals surface area contributed by atoms with Crippen LogP contribution in [0.25, 0.3) is 0 Å². The van der Waals surface area contributed by atoms with Gasteiger partial charge < -0.3 is 9.63 Å². The third-order valence-corrected chi connectivity index (χ3v) is 4.38. The molecule has 1 aromatic carbocycles. The fraction of sp³-hybridized carbons (Fsp3) is 0.467. The fourth-order valence-corrected chi connectivity index (χ4v) is 2.90. The van der Waals surface area contributed by atoms with Crippen molar-refractivity contribution >= 4 is 11.6 Å². The van der Waals surface area contributed by atoms with Gasteiger partial charge in [-0.1, -0.05) is 28.9 Å². The van der Waals surface area contributed by atoms with E-state index in [1.165, 1.54) is 0 Å². The maximum absolute atomic E-state index is 10.6. The first-order valence-corrected chi connectivity index (χ1v) is 7.53. The summed E-state index contributed by atoms with van der Waals surface area (Å²) in [6, 6.07) is 7.36. The highest BCUT2D eigenvalue weighted by atomic mass is 35.5. The zero-order valence-electron chi connectivity index (χ0n) is 11.5. The zero-order chi connectivity index (χ0) is 14.4. The van der Waals surface area contributed by atoms with Crippen molar-refractivity contribution in [3.05, 3.63) is 46.6 Å². The van der Waals surface area contributed by atoms with Crippen molar-refractivity contribution in [1.29, 1.82) is 0 Å². The lowest BCUT2D eigenvalue weighted by Crippen LogP contribution is -2.58. The van der Waals surface area contributed by atoms with Crippen molar-refractivity contribution in [3.63, 3.8) is 0 Å². The molecule has 1 N–H and O–H groups in total. The van der Waals surface area contributed by atoms with Crippen molar-refractivity contribution in [3.8, 4) is 0 Å². The quantitative estimate of drug-likeness (QED) is 0.939. The molecule has 1 aromatic heterocycles. The van der Waals surface area contributed by atoms with Gasteiger partial charge in [0.2, 0.25) is 5.89 Å². The van der Waals surface area contributed by atoms with Crippen molar-refractivity contribution in [1.82, 2.24) is 15.0 Å². The number of benzene rings is 1. The molecule has 2 fully saturated rings. The third kappa shape index (κ3) is 2.57. The minimum absolute atomic E-state index is 0.480. The van der Waals surface area contributed by atoms with Crippen LogP contribution in [-0.2, 0) is 12.1 Å². The van der Waals surface area contributed by atoms with Crippen LogP contribution in [0, 0.1) is 0 Å². The third-order valence-electron chi connectivity index (χ3n) is 4.13. The van der Waals surface area contributed by atoms with Crippen LogP contribution in [0.4, 0.5) is 0 Å². The van der Waals surface area contributed by atoms with E-state index in [0.717, 1.165) is 24.3 Å². The van der Waals surface area contributed by atoms with E-state index in [1.807, 2.05) is 12.1 Å². The number of rotatable bonds is 4. The van der Waals surface area contributed by atoms with Gasteiger partial charge in [-0.15, -0.1) is 0 Å². The maximum Gasteiger partial charge on any atom is 0.229 e. The number of nitrogens with zero attached hydrogens (tertiary/aromatic N) is 3. The molecule has 0 spiro atoms. The highest BCUT2D eigenvalue weighted by molar-refractivity contribution is 6.30. The Labute approximate surface area is 127 Å². The Bertz CT molecular complexity index is 645. The summed E-state index contributed by atoms with van der Waals surface area (Å²) in [6.07, 6.45) is 2.31. The molecule has 0 bridgehead atoms. The van der Waals surface area contributed by atoms with Gasteiger partial charge in [0.05, 0.1) is 6.54 Å². The van der Waals surface area contributed by atoms with E-state index in [1.54, 1.807) is 12.1 Å². The second-order valence-electron chi connectivity index (χ2n) is 6.01. The Hall–Kier alpha value is -1.43. The molecule has 6 heteroatoms. The lowest BCUT2D eigenvalue weighted by Gasteiger charge is -2.46. The molecular formula is C15H16ClN3O2. The molecule has 2 aliphatic rings. The van der Waals surface area contributed by atoms with Crippen molar-refractivity contribution < 1.29 is 9.63 Å². The number of hydrogen-bond donors (Lipinski definition) is 1. The molecule has 1 aliphatic heterocycles. The van der Waals surface area contributed by atoms with Crippen LogP contribution in [0.1, 0.15) is 36.0 Å². The number of halogens is 1. The second kappa shape index (κ2) is 4.80. The minimum atomic E-state index is -0.798. The van der Waals surface area contributed by atoms with E-state index >= 15 is 0 Å². The van der Waals surface area contributed by atoms with Gasteiger partial charge in [0.1, 0.15) is 5.60 Å². The predicted molar refractivity (Wildman–Crippen MR) is 76.9 cm³/mol. The molecule has 0 unspecified atom stereocenters. The van der Waals surface area contributed by atoms with E-state index in [2.05, 4.69) is 15.0 Å². The molecule has 0 amide bonds. The van der Waals surface area contributed by atoms with Gasteiger partial charge in [-0.2, -0.15) is 4.98 Å². The van der Waals surface area contributed by atoms with Crippen molar-refractivity contribution in [2.75, 3.05) is 13.1 Å². The van der Waals surface area contributed by atoms with Crippen LogP contribution in [0.15, 0.2) is 28.8 Å². The van der Waals surface area contributed by atoms with Gasteiger partial charge in [0.15, 0.2) is 5.82 Å². The smallest absolute Gasteiger partial charge is 0.229 e. The van der Waals surface area contributed by atoms with Crippen LogP contribution in [0.3, 0.4) is 0 Å². The van der Waals surface area contributed by atoms with E-state index < -0.39 is 5.60 Å². The van der Waals surface area contributed by atoms with Crippen LogP contribution in [0.2, 0.25) is 5.02 Å². The second-order valence-corrected chi connectivity index (χ2v) is 6.44. The summed E-state index contributed by atoms with van der Waals surface area (Å²) in [4.78, 5) is 6.51. The first-order valence-electron chi connectivity index (χ1n) is 7.16. The van der Waals surface area contributed by atoms with Gasteiger partial charge >= 0.3 is 0 Å². The fourth-order valence-electron chi connectivity index (χ4n) is 2.78. The molecule has 0 radical (unpaired) electrons. The van der Waals surface area contributed by atoms with E-state index in [9.17, 15) is 5.11 Å². The highest BCUT2D eigenvalue weighted by Gasteiger charge is 2.43. The molecule has 0 atom stereocenters. The van der Waals surface area contributed by atoms with Crippen LogP contribution >= 0.6 is 11.6 Å². The molecule has 2 heterocycles. The first-order chi connectivity index (χ1) is 10.1. The van der Waals surface area contributed by atoms with Crippen LogP contribution < -0.4 is 0 Å². The SMILES string of the molecule is OC1(c2ccc(Cl)cc2)CN(Cc2noc(C3CC3)n2)C1. The van der Waals surface area contributed by atoms with Gasteiger partial charge in [0.25, 0.3) is 0 Å². The topological polar surface area (TPSA) is 62.4 Å². The monoisotopic (exact) mass is 305 g/mol. The summed E-state index contributed by atoms with van der Waals surface area (Å²) < 4.78 is 5.24. The summed E-state index contributed by atoms with van der Waals surface area (Å²) in [5.41, 5.74) is 0.100. The molecule has 2 aromatic rings. The standard InChI is InChI=1S/C15H16ClN3O2/c16-12-5-3-11(4-6-12)15(20)8-19(9-15)7-13-17-14(21-18-13)10-1-2-10/h3-6,10,20H,1-2,7-9H2. The Morgan fingerprint density at radius 2 is 2.00 bits per heavy atom. The molecule has 110 valence electrons. The zero-order valence-corrected chi connectivity index (χ0v) is 12.3. The molecule has 1 aliphatic carbocycles. The van der Waals surface area contributed by atoms with Gasteiger partial charge in [-0.25, -0.2) is 0 Å². The van der Waals surface area contributed by atoms with Gasteiger partial charge in [-0.3, -0.25) is 4.90 Å². The molecule has 21 heavy (non-hydrogen) atoms. The summed E-state index contributed by atoms with van der Waals surface area (Å²) in [5.74, 6) is 1.95. The summed E-state index contributed by atoms with van der Waals surface area (Å²) >= 11 is 5.87. The summed E-state index contributed by atoms with van der Waals surface area (Å²) in [5, 5.41) is 15.3. The number of hydrogen-bond acceptors (Lipinski definition) is 5. The summed E-state index contributed by atoms with van der Waals surface area (Å²) in [7, 11) is 0. The molecule has 4 rings (SSSR count). The van der Waals surface area contributed by atoms with Crippen LogP contribution in [0.5, 0.6) is 0 Å². The number of likely N-dealkylation sites (tertiary alicyclic amines) is 1. The number of aliphatic hydroxyl groups is 1. The van der Waals surface area contributed by atoms with E-state index in [0.29, 0.717) is 36.4 Å². The Kier molecular flexibility index (Phi) is 3.03. The molecule has 1 saturated carbocycles. The van der Waals surface area contributed by atoms with Gasteiger partial charge in [-0.05, 0) is 30.5 Å².